The number of benzene rings is 8. The summed E-state index contributed by atoms with van der Waals surface area (Å²) >= 11 is 0. The highest BCUT2D eigenvalue weighted by Crippen LogP contribution is 2.40. The molecule has 1 unspecified atom stereocenters. The van der Waals surface area contributed by atoms with Crippen LogP contribution in [0.4, 0.5) is 0 Å². The van der Waals surface area contributed by atoms with Crippen LogP contribution in [-0.2, 0) is 0 Å². The second-order valence-electron chi connectivity index (χ2n) is 14.7. The molecule has 11 rings (SSSR count). The lowest BCUT2D eigenvalue weighted by atomic mass is 10.0. The summed E-state index contributed by atoms with van der Waals surface area (Å²) in [6.45, 7) is 0. The largest absolute Gasteiger partial charge is 0.333 e. The third-order valence-corrected chi connectivity index (χ3v) is 11.3. The van der Waals surface area contributed by atoms with E-state index in [1.165, 1.54) is 5.39 Å². The average Bonchev–Trinajstić information content (AvgIpc) is 3.71. The molecule has 1 aliphatic rings. The number of aliphatic imine (C=N–C) groups is 2. The van der Waals surface area contributed by atoms with E-state index in [0.717, 1.165) is 94.7 Å². The predicted octanol–water partition coefficient (Wildman–Crippen LogP) is 12.1. The molecule has 0 radical (unpaired) electrons. The number of imidazole rings is 1. The highest BCUT2D eigenvalue weighted by molar-refractivity contribution is 6.23. The zero-order valence-electron chi connectivity index (χ0n) is 31.7. The van der Waals surface area contributed by atoms with Crippen LogP contribution in [0.15, 0.2) is 204 Å². The van der Waals surface area contributed by atoms with Crippen molar-refractivity contribution in [3.8, 4) is 28.2 Å². The van der Waals surface area contributed by atoms with Crippen molar-refractivity contribution in [1.29, 1.82) is 0 Å². The van der Waals surface area contributed by atoms with Crippen molar-refractivity contribution in [2.45, 2.75) is 6.17 Å². The van der Waals surface area contributed by atoms with Crippen LogP contribution in [0.2, 0.25) is 0 Å². The Kier molecular flexibility index (Phi) is 8.00. The molecule has 8 aromatic carbocycles. The van der Waals surface area contributed by atoms with Crippen molar-refractivity contribution in [2.24, 2.45) is 9.98 Å². The highest BCUT2D eigenvalue weighted by Gasteiger charge is 2.27. The van der Waals surface area contributed by atoms with Gasteiger partial charge >= 0.3 is 0 Å². The second kappa shape index (κ2) is 13.8. The minimum absolute atomic E-state index is 0.194. The van der Waals surface area contributed by atoms with Gasteiger partial charge < -0.3 is 4.90 Å². The maximum absolute atomic E-state index is 5.49. The predicted molar refractivity (Wildman–Crippen MR) is 239 cm³/mol. The number of hydrogen-bond acceptors (Lipinski definition) is 5. The van der Waals surface area contributed by atoms with Crippen molar-refractivity contribution in [3.05, 3.63) is 211 Å². The number of nitrogens with zero attached hydrogens (tertiary/aromatic N) is 6. The quantitative estimate of drug-likeness (QED) is 0.159. The van der Waals surface area contributed by atoms with Crippen LogP contribution in [0, 0.1) is 0 Å². The Morgan fingerprint density at radius 2 is 1.09 bits per heavy atom. The van der Waals surface area contributed by atoms with Gasteiger partial charge in [-0.15, -0.1) is 0 Å². The molecular weight excluding hydrogens is 709 g/mol. The molecule has 0 saturated heterocycles. The lowest BCUT2D eigenvalue weighted by Gasteiger charge is -2.32. The number of fused-ring (bicyclic) bond motifs is 7. The number of amidine groups is 2. The number of hydrogen-bond donors (Lipinski definition) is 0. The van der Waals surface area contributed by atoms with E-state index in [2.05, 4.69) is 186 Å². The van der Waals surface area contributed by atoms with Gasteiger partial charge in [-0.25, -0.2) is 15.0 Å². The van der Waals surface area contributed by atoms with Crippen LogP contribution in [-0.4, -0.2) is 38.2 Å². The fourth-order valence-corrected chi connectivity index (χ4v) is 8.47. The average molecular weight is 745 g/mol. The zero-order chi connectivity index (χ0) is 38.6. The van der Waals surface area contributed by atoms with Crippen LogP contribution in [0.5, 0.6) is 0 Å². The smallest absolute Gasteiger partial charge is 0.159 e. The van der Waals surface area contributed by atoms with Crippen LogP contribution in [0.3, 0.4) is 0 Å². The molecule has 0 amide bonds. The lowest BCUT2D eigenvalue weighted by molar-refractivity contribution is 0.383. The topological polar surface area (TPSA) is 58.7 Å². The lowest BCUT2D eigenvalue weighted by Crippen LogP contribution is -2.35. The van der Waals surface area contributed by atoms with Crippen LogP contribution < -0.4 is 0 Å². The Balaban J connectivity index is 1.02. The van der Waals surface area contributed by atoms with Gasteiger partial charge in [-0.1, -0.05) is 164 Å². The van der Waals surface area contributed by atoms with Gasteiger partial charge in [-0.05, 0) is 51.7 Å². The van der Waals surface area contributed by atoms with E-state index < -0.39 is 0 Å². The Hall–Kier alpha value is -7.70. The Morgan fingerprint density at radius 1 is 0.483 bits per heavy atom. The molecule has 0 spiro atoms. The highest BCUT2D eigenvalue weighted by atomic mass is 15.3. The van der Waals surface area contributed by atoms with Crippen molar-refractivity contribution in [1.82, 2.24) is 19.4 Å². The summed E-state index contributed by atoms with van der Waals surface area (Å²) in [5.41, 5.74) is 10.5. The van der Waals surface area contributed by atoms with E-state index in [0.29, 0.717) is 0 Å². The van der Waals surface area contributed by atoms with Gasteiger partial charge in [-0.2, -0.15) is 0 Å². The summed E-state index contributed by atoms with van der Waals surface area (Å²) in [7, 11) is 2.07. The third-order valence-electron chi connectivity index (χ3n) is 11.3. The van der Waals surface area contributed by atoms with Crippen molar-refractivity contribution in [3.63, 3.8) is 0 Å². The molecule has 1 atom stereocenters. The Morgan fingerprint density at radius 3 is 1.84 bits per heavy atom. The van der Waals surface area contributed by atoms with Gasteiger partial charge in [0.1, 0.15) is 17.8 Å². The van der Waals surface area contributed by atoms with Crippen LogP contribution in [0.25, 0.3) is 71.7 Å². The maximum Gasteiger partial charge on any atom is 0.159 e. The fourth-order valence-electron chi connectivity index (χ4n) is 8.47. The number of pyridine rings is 1. The van der Waals surface area contributed by atoms with Crippen molar-refractivity contribution < 1.29 is 0 Å². The molecule has 6 nitrogen and oxygen atoms in total. The van der Waals surface area contributed by atoms with Gasteiger partial charge in [0.15, 0.2) is 5.84 Å². The molecule has 10 aromatic rings. The van der Waals surface area contributed by atoms with Gasteiger partial charge in [-0.3, -0.25) is 9.55 Å². The van der Waals surface area contributed by atoms with E-state index in [4.69, 9.17) is 20.0 Å². The van der Waals surface area contributed by atoms with Crippen molar-refractivity contribution in [2.75, 3.05) is 7.05 Å². The summed E-state index contributed by atoms with van der Waals surface area (Å²) in [6, 6.07) is 65.8. The van der Waals surface area contributed by atoms with Gasteiger partial charge in [0.25, 0.3) is 0 Å². The molecule has 0 fully saturated rings. The minimum Gasteiger partial charge on any atom is -0.333 e. The first kappa shape index (κ1) is 33.6. The first-order valence-electron chi connectivity index (χ1n) is 19.6. The third kappa shape index (κ3) is 5.57. The van der Waals surface area contributed by atoms with Gasteiger partial charge in [0, 0.05) is 51.8 Å². The summed E-state index contributed by atoms with van der Waals surface area (Å²) in [6.07, 6.45) is 1.68. The molecule has 6 heteroatoms. The van der Waals surface area contributed by atoms with E-state index >= 15 is 0 Å². The molecule has 274 valence electrons. The molecule has 1 aliphatic heterocycles. The maximum atomic E-state index is 5.49. The molecule has 2 aromatic heterocycles. The van der Waals surface area contributed by atoms with E-state index in [9.17, 15) is 0 Å². The Bertz CT molecular complexity index is 3220. The van der Waals surface area contributed by atoms with Crippen LogP contribution >= 0.6 is 0 Å². The summed E-state index contributed by atoms with van der Waals surface area (Å²) in [5.74, 6) is 2.51. The summed E-state index contributed by atoms with van der Waals surface area (Å²) in [4.78, 5) is 22.8. The molecule has 3 heterocycles. The SMILES string of the molecule is CN1C(c2ccccc2)=NC(c2ccc(-c3ccc(-n4c(-c5cccc6ccccc56)nc5c6ccccc6c6ncccc6c54)cc3)cc2)=NC1c1ccccc1. The van der Waals surface area contributed by atoms with Gasteiger partial charge in [0.05, 0.1) is 16.6 Å². The minimum atomic E-state index is -0.194. The molecule has 0 saturated carbocycles. The first-order valence-corrected chi connectivity index (χ1v) is 19.6. The second-order valence-corrected chi connectivity index (χ2v) is 14.7. The van der Waals surface area contributed by atoms with Crippen molar-refractivity contribution >= 4 is 55.2 Å². The molecule has 0 N–H and O–H groups in total. The van der Waals surface area contributed by atoms with E-state index in [1.807, 2.05) is 24.4 Å². The Labute approximate surface area is 335 Å². The number of rotatable bonds is 6. The van der Waals surface area contributed by atoms with E-state index in [-0.39, 0.29) is 6.17 Å². The van der Waals surface area contributed by atoms with E-state index in [1.54, 1.807) is 0 Å². The molecule has 58 heavy (non-hydrogen) atoms. The normalized spacial score (nSPS) is 14.3. The molecular formula is C52H36N6. The molecule has 0 bridgehead atoms. The monoisotopic (exact) mass is 744 g/mol. The van der Waals surface area contributed by atoms with Gasteiger partial charge in [0.2, 0.25) is 0 Å². The summed E-state index contributed by atoms with van der Waals surface area (Å²) < 4.78 is 2.32. The molecule has 0 aliphatic carbocycles. The number of aromatic nitrogens is 3. The summed E-state index contributed by atoms with van der Waals surface area (Å²) in [5, 5.41) is 5.60. The van der Waals surface area contributed by atoms with Crippen LogP contribution in [0.1, 0.15) is 22.9 Å². The fraction of sp³-hybridized carbons (Fsp3) is 0.0385. The zero-order valence-corrected chi connectivity index (χ0v) is 31.7. The first-order chi connectivity index (χ1) is 28.7. The standard InChI is InChI=1S/C52H36N6/c1-57-50(38-15-4-2-5-16-38)55-49(56-51(57)39-17-6-3-7-18-39)37-27-25-34(26-28-37)35-29-31-40(32-30-35)58-48-45-24-13-33-53-46(45)42-21-10-11-22-43(42)47(48)54-52(58)44-23-12-19-36-14-8-9-20-41(36)44/h2-33,50H,1H3.